The van der Waals surface area contributed by atoms with Gasteiger partial charge in [0, 0.05) is 11.1 Å². The summed E-state index contributed by atoms with van der Waals surface area (Å²) in [5.41, 5.74) is 5.80. The van der Waals surface area contributed by atoms with Gasteiger partial charge in [0.05, 0.1) is 11.4 Å². The minimum Gasteiger partial charge on any atom is -0.508 e. The lowest BCUT2D eigenvalue weighted by molar-refractivity contribution is 0.102. The molecule has 0 saturated carbocycles. The van der Waals surface area contributed by atoms with Crippen LogP contribution in [0.2, 0.25) is 0 Å². The molecule has 0 aliphatic heterocycles. The Labute approximate surface area is 186 Å². The highest BCUT2D eigenvalue weighted by Crippen LogP contribution is 2.35. The number of hydrogen-bond donors (Lipinski definition) is 2. The zero-order valence-electron chi connectivity index (χ0n) is 17.3. The largest absolute Gasteiger partial charge is 0.508 e. The Balaban J connectivity index is 1.58. The van der Waals surface area contributed by atoms with Crippen LogP contribution in [0.25, 0.3) is 23.4 Å². The van der Waals surface area contributed by atoms with Crippen LogP contribution in [-0.4, -0.2) is 21.0 Å². The summed E-state index contributed by atoms with van der Waals surface area (Å²) in [7, 11) is 0. The number of benzene rings is 3. The van der Waals surface area contributed by atoms with E-state index in [0.717, 1.165) is 34.5 Å². The van der Waals surface area contributed by atoms with Crippen LogP contribution >= 0.6 is 0 Å². The van der Waals surface area contributed by atoms with Crippen LogP contribution in [0.4, 0.5) is 5.82 Å². The Kier molecular flexibility index (Phi) is 5.22. The van der Waals surface area contributed by atoms with Crippen LogP contribution in [0.5, 0.6) is 5.75 Å². The van der Waals surface area contributed by atoms with E-state index >= 15 is 0 Å². The molecule has 0 spiro atoms. The maximum Gasteiger partial charge on any atom is 0.256 e. The first-order valence-corrected chi connectivity index (χ1v) is 10.5. The van der Waals surface area contributed by atoms with Gasteiger partial charge in [0.1, 0.15) is 11.4 Å². The number of rotatable bonds is 4. The van der Waals surface area contributed by atoms with Crippen molar-refractivity contribution in [3.05, 3.63) is 107 Å². The molecule has 32 heavy (non-hydrogen) atoms. The third kappa shape index (κ3) is 4.01. The van der Waals surface area contributed by atoms with Gasteiger partial charge < -0.3 is 10.4 Å². The van der Waals surface area contributed by atoms with Gasteiger partial charge in [-0.2, -0.15) is 0 Å². The first-order chi connectivity index (χ1) is 15.7. The average Bonchev–Trinajstić information content (AvgIpc) is 2.83. The SMILES string of the molecule is O=C(Nc1nc2c(nc1C=Cc1ccccc1)-c1ccc(O)cc1CC2)c1ccccc1. The highest BCUT2D eigenvalue weighted by molar-refractivity contribution is 6.04. The molecule has 1 aliphatic carbocycles. The van der Waals surface area contributed by atoms with Crippen molar-refractivity contribution in [3.8, 4) is 17.0 Å². The molecule has 5 nitrogen and oxygen atoms in total. The summed E-state index contributed by atoms with van der Waals surface area (Å²) in [6.07, 6.45) is 5.28. The number of phenols is 1. The second kappa shape index (κ2) is 8.47. The van der Waals surface area contributed by atoms with Crippen molar-refractivity contribution in [2.75, 3.05) is 5.32 Å². The summed E-state index contributed by atoms with van der Waals surface area (Å²) in [6.45, 7) is 0. The first kappa shape index (κ1) is 19.7. The topological polar surface area (TPSA) is 75.1 Å². The lowest BCUT2D eigenvalue weighted by atomic mass is 9.91. The number of fused-ring (bicyclic) bond motifs is 3. The van der Waals surface area contributed by atoms with E-state index in [4.69, 9.17) is 9.97 Å². The number of carbonyl (C=O) groups is 1. The van der Waals surface area contributed by atoms with E-state index in [0.29, 0.717) is 23.5 Å². The third-order valence-electron chi connectivity index (χ3n) is 5.47. The quantitative estimate of drug-likeness (QED) is 0.466. The van der Waals surface area contributed by atoms with Gasteiger partial charge in [-0.25, -0.2) is 9.97 Å². The number of aromatic nitrogens is 2. The molecule has 0 radical (unpaired) electrons. The molecule has 3 aromatic carbocycles. The Bertz CT molecular complexity index is 1320. The van der Waals surface area contributed by atoms with Gasteiger partial charge >= 0.3 is 0 Å². The van der Waals surface area contributed by atoms with Crippen molar-refractivity contribution in [1.29, 1.82) is 0 Å². The molecule has 2 N–H and O–H groups in total. The van der Waals surface area contributed by atoms with Gasteiger partial charge in [-0.05, 0) is 60.4 Å². The number of aromatic hydroxyl groups is 1. The predicted molar refractivity (Wildman–Crippen MR) is 126 cm³/mol. The fourth-order valence-corrected chi connectivity index (χ4v) is 3.86. The number of aryl methyl sites for hydroxylation is 2. The first-order valence-electron chi connectivity index (χ1n) is 10.5. The second-order valence-corrected chi connectivity index (χ2v) is 7.66. The number of amides is 1. The minimum atomic E-state index is -0.227. The fourth-order valence-electron chi connectivity index (χ4n) is 3.86. The molecule has 1 amide bonds. The molecular formula is C27H21N3O2. The molecule has 1 aromatic heterocycles. The van der Waals surface area contributed by atoms with Gasteiger partial charge in [0.25, 0.3) is 5.91 Å². The molecule has 5 heteroatoms. The fraction of sp³-hybridized carbons (Fsp3) is 0.0741. The van der Waals surface area contributed by atoms with Gasteiger partial charge in [-0.3, -0.25) is 4.79 Å². The van der Waals surface area contributed by atoms with Crippen LogP contribution in [0.1, 0.15) is 32.9 Å². The lowest BCUT2D eigenvalue weighted by Crippen LogP contribution is -2.17. The summed E-state index contributed by atoms with van der Waals surface area (Å²) in [5.74, 6) is 0.457. The molecule has 0 unspecified atom stereocenters. The molecule has 1 aliphatic rings. The molecule has 0 bridgehead atoms. The van der Waals surface area contributed by atoms with Crippen molar-refractivity contribution in [2.24, 2.45) is 0 Å². The van der Waals surface area contributed by atoms with Crippen molar-refractivity contribution < 1.29 is 9.90 Å². The Morgan fingerprint density at radius 2 is 1.62 bits per heavy atom. The highest BCUT2D eigenvalue weighted by atomic mass is 16.3. The number of carbonyl (C=O) groups excluding carboxylic acids is 1. The van der Waals surface area contributed by atoms with Crippen LogP contribution < -0.4 is 5.32 Å². The van der Waals surface area contributed by atoms with E-state index in [1.165, 1.54) is 0 Å². The average molecular weight is 419 g/mol. The van der Waals surface area contributed by atoms with Crippen LogP contribution in [0, 0.1) is 0 Å². The van der Waals surface area contributed by atoms with E-state index in [9.17, 15) is 9.90 Å². The summed E-state index contributed by atoms with van der Waals surface area (Å²) in [4.78, 5) is 22.5. The zero-order valence-corrected chi connectivity index (χ0v) is 17.3. The second-order valence-electron chi connectivity index (χ2n) is 7.66. The smallest absolute Gasteiger partial charge is 0.256 e. The van der Waals surface area contributed by atoms with Crippen LogP contribution in [0.15, 0.2) is 78.9 Å². The lowest BCUT2D eigenvalue weighted by Gasteiger charge is -2.20. The predicted octanol–water partition coefficient (Wildman–Crippen LogP) is 5.37. The maximum absolute atomic E-state index is 12.8. The maximum atomic E-state index is 12.8. The highest BCUT2D eigenvalue weighted by Gasteiger charge is 2.22. The van der Waals surface area contributed by atoms with Gasteiger partial charge in [-0.15, -0.1) is 0 Å². The van der Waals surface area contributed by atoms with Crippen molar-refractivity contribution in [3.63, 3.8) is 0 Å². The number of nitrogens with zero attached hydrogens (tertiary/aromatic N) is 2. The van der Waals surface area contributed by atoms with Crippen LogP contribution in [0.3, 0.4) is 0 Å². The molecule has 4 aromatic rings. The number of anilines is 1. The van der Waals surface area contributed by atoms with Gasteiger partial charge in [0.2, 0.25) is 0 Å². The van der Waals surface area contributed by atoms with Crippen molar-refractivity contribution in [2.45, 2.75) is 12.8 Å². The van der Waals surface area contributed by atoms with Gasteiger partial charge in [-0.1, -0.05) is 54.6 Å². The molecule has 0 fully saturated rings. The monoisotopic (exact) mass is 419 g/mol. The van der Waals surface area contributed by atoms with E-state index < -0.39 is 0 Å². The van der Waals surface area contributed by atoms with E-state index in [-0.39, 0.29) is 11.7 Å². The molecule has 0 atom stereocenters. The Morgan fingerprint density at radius 3 is 2.41 bits per heavy atom. The van der Waals surface area contributed by atoms with Crippen LogP contribution in [-0.2, 0) is 12.8 Å². The molecule has 1 heterocycles. The minimum absolute atomic E-state index is 0.227. The van der Waals surface area contributed by atoms with Gasteiger partial charge in [0.15, 0.2) is 5.82 Å². The summed E-state index contributed by atoms with van der Waals surface area (Å²) in [6, 6.07) is 24.3. The van der Waals surface area contributed by atoms with E-state index in [1.807, 2.05) is 66.7 Å². The number of phenolic OH excluding ortho intramolecular Hbond substituents is 1. The van der Waals surface area contributed by atoms with E-state index in [2.05, 4.69) is 5.32 Å². The summed E-state index contributed by atoms with van der Waals surface area (Å²) >= 11 is 0. The zero-order chi connectivity index (χ0) is 21.9. The molecule has 156 valence electrons. The van der Waals surface area contributed by atoms with Crippen molar-refractivity contribution >= 4 is 23.9 Å². The Hall–Kier alpha value is -4.25. The number of nitrogens with one attached hydrogen (secondary N) is 1. The molecular weight excluding hydrogens is 398 g/mol. The normalized spacial score (nSPS) is 12.2. The standard InChI is InChI=1S/C27H21N3O2/c31-21-13-14-22-20(17-21)12-16-23-25(22)28-24(15-11-18-7-3-1-4-8-18)26(29-23)30-27(32)19-9-5-2-6-10-19/h1-11,13-15,17,31H,12,16H2,(H,29,30,32). The molecule has 0 saturated heterocycles. The number of hydrogen-bond acceptors (Lipinski definition) is 4. The third-order valence-corrected chi connectivity index (χ3v) is 5.47. The Morgan fingerprint density at radius 1 is 0.875 bits per heavy atom. The summed E-state index contributed by atoms with van der Waals surface area (Å²) < 4.78 is 0. The van der Waals surface area contributed by atoms with E-state index in [1.54, 1.807) is 24.3 Å². The molecule has 5 rings (SSSR count). The summed E-state index contributed by atoms with van der Waals surface area (Å²) in [5, 5.41) is 12.8. The van der Waals surface area contributed by atoms with Crippen molar-refractivity contribution in [1.82, 2.24) is 9.97 Å².